The molecule has 3 rings (SSSR count). The first-order valence-corrected chi connectivity index (χ1v) is 9.49. The van der Waals surface area contributed by atoms with Gasteiger partial charge in [-0.25, -0.2) is 0 Å². The van der Waals surface area contributed by atoms with Gasteiger partial charge in [-0.3, -0.25) is 9.69 Å². The standard InChI is InChI=1S/C21H25ClN2O4/c1-26-18-13-20(28-3)19(27-2)12-16(18)14-23-7-9-24(10-8-23)21(25)15-5-4-6-17(22)11-15/h4-6,11-13H,7-10,14H2,1-3H3. The molecule has 1 aliphatic heterocycles. The Morgan fingerprint density at radius 2 is 1.57 bits per heavy atom. The van der Waals surface area contributed by atoms with E-state index in [2.05, 4.69) is 4.90 Å². The van der Waals surface area contributed by atoms with Crippen LogP contribution in [0.15, 0.2) is 36.4 Å². The SMILES string of the molecule is COc1cc(OC)c(OC)cc1CN1CCN(C(=O)c2cccc(Cl)c2)CC1. The summed E-state index contributed by atoms with van der Waals surface area (Å²) >= 11 is 6.01. The normalized spacial score (nSPS) is 14.6. The molecule has 1 heterocycles. The second-order valence-electron chi connectivity index (χ2n) is 6.60. The Hall–Kier alpha value is -2.44. The van der Waals surface area contributed by atoms with Gasteiger partial charge in [0.2, 0.25) is 0 Å². The highest BCUT2D eigenvalue weighted by Crippen LogP contribution is 2.35. The summed E-state index contributed by atoms with van der Waals surface area (Å²) in [4.78, 5) is 16.8. The highest BCUT2D eigenvalue weighted by Gasteiger charge is 2.23. The molecule has 0 unspecified atom stereocenters. The third-order valence-electron chi connectivity index (χ3n) is 4.91. The van der Waals surface area contributed by atoms with Crippen LogP contribution in [-0.2, 0) is 6.54 Å². The minimum Gasteiger partial charge on any atom is -0.496 e. The van der Waals surface area contributed by atoms with Crippen molar-refractivity contribution in [1.82, 2.24) is 9.80 Å². The number of amides is 1. The summed E-state index contributed by atoms with van der Waals surface area (Å²) in [5.74, 6) is 2.09. The Balaban J connectivity index is 1.65. The molecule has 2 aromatic carbocycles. The maximum Gasteiger partial charge on any atom is 0.253 e. The van der Waals surface area contributed by atoms with Crippen molar-refractivity contribution >= 4 is 17.5 Å². The molecule has 28 heavy (non-hydrogen) atoms. The first kappa shape index (κ1) is 20.3. The van der Waals surface area contributed by atoms with Gasteiger partial charge in [0, 0.05) is 54.9 Å². The maximum atomic E-state index is 12.7. The molecule has 1 aliphatic rings. The zero-order valence-corrected chi connectivity index (χ0v) is 17.2. The molecule has 0 aliphatic carbocycles. The van der Waals surface area contributed by atoms with Crippen molar-refractivity contribution in [2.45, 2.75) is 6.54 Å². The zero-order valence-electron chi connectivity index (χ0n) is 16.4. The van der Waals surface area contributed by atoms with E-state index in [4.69, 9.17) is 25.8 Å². The van der Waals surface area contributed by atoms with E-state index in [1.807, 2.05) is 17.0 Å². The molecule has 1 fully saturated rings. The predicted molar refractivity (Wildman–Crippen MR) is 109 cm³/mol. The van der Waals surface area contributed by atoms with Crippen LogP contribution in [0.3, 0.4) is 0 Å². The molecule has 7 heteroatoms. The van der Waals surface area contributed by atoms with Crippen molar-refractivity contribution in [3.63, 3.8) is 0 Å². The summed E-state index contributed by atoms with van der Waals surface area (Å²) in [6.07, 6.45) is 0. The topological polar surface area (TPSA) is 51.2 Å². The summed E-state index contributed by atoms with van der Waals surface area (Å²) < 4.78 is 16.3. The van der Waals surface area contributed by atoms with Crippen molar-refractivity contribution in [1.29, 1.82) is 0 Å². The molecule has 0 atom stereocenters. The van der Waals surface area contributed by atoms with Crippen LogP contribution in [0.4, 0.5) is 0 Å². The van der Waals surface area contributed by atoms with E-state index >= 15 is 0 Å². The van der Waals surface area contributed by atoms with E-state index in [-0.39, 0.29) is 5.91 Å². The van der Waals surface area contributed by atoms with Crippen LogP contribution < -0.4 is 14.2 Å². The molecule has 150 valence electrons. The van der Waals surface area contributed by atoms with Gasteiger partial charge in [0.1, 0.15) is 5.75 Å². The Bertz CT molecular complexity index is 835. The predicted octanol–water partition coefficient (Wildman–Crippen LogP) is 3.32. The molecular formula is C21H25ClN2O4. The molecule has 0 radical (unpaired) electrons. The lowest BCUT2D eigenvalue weighted by Crippen LogP contribution is -2.48. The quantitative estimate of drug-likeness (QED) is 0.739. The Labute approximate surface area is 170 Å². The number of ether oxygens (including phenoxy) is 3. The Morgan fingerprint density at radius 3 is 2.18 bits per heavy atom. The third kappa shape index (κ3) is 4.51. The van der Waals surface area contributed by atoms with Crippen molar-refractivity contribution in [2.75, 3.05) is 47.5 Å². The summed E-state index contributed by atoms with van der Waals surface area (Å²) in [5, 5.41) is 0.574. The maximum absolute atomic E-state index is 12.7. The number of carbonyl (C=O) groups is 1. The molecule has 0 spiro atoms. The molecule has 0 aromatic heterocycles. The first-order valence-electron chi connectivity index (χ1n) is 9.11. The van der Waals surface area contributed by atoms with E-state index in [1.54, 1.807) is 45.6 Å². The minimum absolute atomic E-state index is 0.0193. The number of methoxy groups -OCH3 is 3. The zero-order chi connectivity index (χ0) is 20.1. The van der Waals surface area contributed by atoms with E-state index in [0.29, 0.717) is 41.7 Å². The lowest BCUT2D eigenvalue weighted by atomic mass is 10.1. The molecule has 0 saturated carbocycles. The van der Waals surface area contributed by atoms with Gasteiger partial charge in [0.05, 0.1) is 21.3 Å². The van der Waals surface area contributed by atoms with Crippen LogP contribution in [0.2, 0.25) is 5.02 Å². The smallest absolute Gasteiger partial charge is 0.253 e. The number of hydrogen-bond acceptors (Lipinski definition) is 5. The minimum atomic E-state index is 0.0193. The number of halogens is 1. The van der Waals surface area contributed by atoms with E-state index in [1.165, 1.54) is 0 Å². The lowest BCUT2D eigenvalue weighted by molar-refractivity contribution is 0.0627. The van der Waals surface area contributed by atoms with E-state index < -0.39 is 0 Å². The van der Waals surface area contributed by atoms with Gasteiger partial charge in [-0.05, 0) is 24.3 Å². The summed E-state index contributed by atoms with van der Waals surface area (Å²) in [5.41, 5.74) is 1.65. The van der Waals surface area contributed by atoms with Crippen LogP contribution in [0, 0.1) is 0 Å². The van der Waals surface area contributed by atoms with Gasteiger partial charge < -0.3 is 19.1 Å². The van der Waals surface area contributed by atoms with Gasteiger partial charge >= 0.3 is 0 Å². The molecular weight excluding hydrogens is 380 g/mol. The molecule has 1 amide bonds. The number of nitrogens with zero attached hydrogens (tertiary/aromatic N) is 2. The number of rotatable bonds is 6. The second-order valence-corrected chi connectivity index (χ2v) is 7.03. The molecule has 0 bridgehead atoms. The Morgan fingerprint density at radius 1 is 0.929 bits per heavy atom. The fraction of sp³-hybridized carbons (Fsp3) is 0.381. The summed E-state index contributed by atoms with van der Waals surface area (Å²) in [7, 11) is 4.87. The number of piperazine rings is 1. The van der Waals surface area contributed by atoms with Crippen LogP contribution in [0.1, 0.15) is 15.9 Å². The van der Waals surface area contributed by atoms with Gasteiger partial charge in [0.15, 0.2) is 11.5 Å². The van der Waals surface area contributed by atoms with Crippen LogP contribution >= 0.6 is 11.6 Å². The van der Waals surface area contributed by atoms with Crippen molar-refractivity contribution in [3.05, 3.63) is 52.5 Å². The third-order valence-corrected chi connectivity index (χ3v) is 5.15. The largest absolute Gasteiger partial charge is 0.496 e. The monoisotopic (exact) mass is 404 g/mol. The highest BCUT2D eigenvalue weighted by atomic mass is 35.5. The second kappa shape index (κ2) is 9.17. The van der Waals surface area contributed by atoms with E-state index in [9.17, 15) is 4.79 Å². The average Bonchev–Trinajstić information content (AvgIpc) is 2.73. The van der Waals surface area contributed by atoms with Gasteiger partial charge in [-0.15, -0.1) is 0 Å². The summed E-state index contributed by atoms with van der Waals surface area (Å²) in [6, 6.07) is 10.9. The van der Waals surface area contributed by atoms with Gasteiger partial charge in [-0.1, -0.05) is 17.7 Å². The van der Waals surface area contributed by atoms with Gasteiger partial charge in [-0.2, -0.15) is 0 Å². The molecule has 0 N–H and O–H groups in total. The molecule has 2 aromatic rings. The van der Waals surface area contributed by atoms with Crippen LogP contribution in [0.5, 0.6) is 17.2 Å². The lowest BCUT2D eigenvalue weighted by Gasteiger charge is -2.35. The van der Waals surface area contributed by atoms with Crippen LogP contribution in [0.25, 0.3) is 0 Å². The number of benzene rings is 2. The summed E-state index contributed by atoms with van der Waals surface area (Å²) in [6.45, 7) is 3.61. The van der Waals surface area contributed by atoms with Gasteiger partial charge in [0.25, 0.3) is 5.91 Å². The van der Waals surface area contributed by atoms with E-state index in [0.717, 1.165) is 24.4 Å². The highest BCUT2D eigenvalue weighted by molar-refractivity contribution is 6.30. The first-order chi connectivity index (χ1) is 13.5. The molecule has 6 nitrogen and oxygen atoms in total. The number of carbonyl (C=O) groups excluding carboxylic acids is 1. The number of hydrogen-bond donors (Lipinski definition) is 0. The fourth-order valence-electron chi connectivity index (χ4n) is 3.37. The van der Waals surface area contributed by atoms with Crippen LogP contribution in [-0.4, -0.2) is 63.2 Å². The fourth-order valence-corrected chi connectivity index (χ4v) is 3.56. The average molecular weight is 405 g/mol. The molecule has 1 saturated heterocycles. The Kier molecular flexibility index (Phi) is 6.65. The van der Waals surface area contributed by atoms with Crippen molar-refractivity contribution in [3.8, 4) is 17.2 Å². The van der Waals surface area contributed by atoms with Crippen molar-refractivity contribution < 1.29 is 19.0 Å². The van der Waals surface area contributed by atoms with Crippen molar-refractivity contribution in [2.24, 2.45) is 0 Å².